The van der Waals surface area contributed by atoms with Crippen LogP contribution in [0, 0.1) is 0 Å². The first-order valence-corrected chi connectivity index (χ1v) is 20.2. The van der Waals surface area contributed by atoms with Crippen molar-refractivity contribution in [3.8, 4) is 45.0 Å². The van der Waals surface area contributed by atoms with E-state index in [-0.39, 0.29) is 0 Å². The predicted molar refractivity (Wildman–Crippen MR) is 242 cm³/mol. The number of pyridine rings is 1. The molecule has 4 aromatic heterocycles. The van der Waals surface area contributed by atoms with Crippen molar-refractivity contribution >= 4 is 75.1 Å². The third-order valence-corrected chi connectivity index (χ3v) is 12.7. The lowest BCUT2D eigenvalue weighted by Gasteiger charge is -2.16. The highest BCUT2D eigenvalue weighted by atomic mass is 32.1. The van der Waals surface area contributed by atoms with Crippen LogP contribution in [0.2, 0.25) is 0 Å². The van der Waals surface area contributed by atoms with Crippen LogP contribution in [0.5, 0.6) is 0 Å². The fourth-order valence-corrected chi connectivity index (χ4v) is 10.2. The van der Waals surface area contributed by atoms with Crippen LogP contribution in [0.15, 0.2) is 200 Å². The van der Waals surface area contributed by atoms with Gasteiger partial charge in [-0.05, 0) is 70.8 Å². The van der Waals surface area contributed by atoms with Gasteiger partial charge >= 0.3 is 0 Å². The summed E-state index contributed by atoms with van der Waals surface area (Å²) in [6, 6.07) is 72.5. The van der Waals surface area contributed by atoms with Gasteiger partial charge in [0.1, 0.15) is 5.82 Å². The van der Waals surface area contributed by atoms with Gasteiger partial charge in [-0.1, -0.05) is 152 Å². The van der Waals surface area contributed by atoms with Gasteiger partial charge in [-0.25, -0.2) is 4.98 Å². The van der Waals surface area contributed by atoms with E-state index in [4.69, 9.17) is 4.98 Å². The van der Waals surface area contributed by atoms with E-state index < -0.39 is 0 Å². The third-order valence-electron chi connectivity index (χ3n) is 11.5. The summed E-state index contributed by atoms with van der Waals surface area (Å²) in [5.41, 5.74) is 12.6. The number of hydrogen-bond donors (Lipinski definition) is 0. The number of aromatic nitrogens is 3. The van der Waals surface area contributed by atoms with E-state index in [1.807, 2.05) is 11.3 Å². The summed E-state index contributed by atoms with van der Waals surface area (Å²) in [4.78, 5) is 5.54. The Morgan fingerprint density at radius 3 is 1.60 bits per heavy atom. The van der Waals surface area contributed by atoms with E-state index in [0.29, 0.717) is 0 Å². The molecule has 57 heavy (non-hydrogen) atoms. The van der Waals surface area contributed by atoms with Gasteiger partial charge in [0.15, 0.2) is 0 Å². The van der Waals surface area contributed by atoms with E-state index in [1.165, 1.54) is 69.5 Å². The molecule has 266 valence electrons. The highest BCUT2D eigenvalue weighted by Crippen LogP contribution is 2.44. The van der Waals surface area contributed by atoms with Crippen LogP contribution in [-0.4, -0.2) is 14.1 Å². The van der Waals surface area contributed by atoms with Crippen LogP contribution in [0.25, 0.3) is 109 Å². The van der Waals surface area contributed by atoms with Crippen LogP contribution in [0.4, 0.5) is 0 Å². The molecule has 0 radical (unpaired) electrons. The number of para-hydroxylation sites is 2. The van der Waals surface area contributed by atoms with E-state index >= 15 is 0 Å². The van der Waals surface area contributed by atoms with Gasteiger partial charge in [-0.15, -0.1) is 11.3 Å². The van der Waals surface area contributed by atoms with Crippen molar-refractivity contribution in [3.63, 3.8) is 0 Å². The Labute approximate surface area is 333 Å². The molecule has 0 saturated carbocycles. The summed E-state index contributed by atoms with van der Waals surface area (Å²) in [5, 5.41) is 7.39. The number of fused-ring (bicyclic) bond motifs is 10. The molecule has 0 saturated heterocycles. The maximum absolute atomic E-state index is 5.54. The van der Waals surface area contributed by atoms with Crippen molar-refractivity contribution in [2.24, 2.45) is 0 Å². The van der Waals surface area contributed by atoms with Gasteiger partial charge in [0.25, 0.3) is 0 Å². The second kappa shape index (κ2) is 12.6. The first-order chi connectivity index (χ1) is 28.3. The molecule has 12 aromatic rings. The molecule has 0 N–H and O–H groups in total. The minimum atomic E-state index is 0.893. The molecule has 4 heteroatoms. The summed E-state index contributed by atoms with van der Waals surface area (Å²) in [6.07, 6.45) is 0. The molecule has 12 rings (SSSR count). The van der Waals surface area contributed by atoms with Gasteiger partial charge in [0.05, 0.1) is 27.8 Å². The molecule has 0 aliphatic carbocycles. The molecular weight excluding hydrogens is 711 g/mol. The fourth-order valence-electron chi connectivity index (χ4n) is 8.99. The Hall–Kier alpha value is -7.27. The van der Waals surface area contributed by atoms with Gasteiger partial charge in [0, 0.05) is 53.0 Å². The highest BCUT2D eigenvalue weighted by molar-refractivity contribution is 7.26. The Balaban J connectivity index is 1.18. The van der Waals surface area contributed by atoms with Gasteiger partial charge in [-0.2, -0.15) is 0 Å². The zero-order valence-electron chi connectivity index (χ0n) is 30.8. The van der Waals surface area contributed by atoms with Crippen molar-refractivity contribution in [1.82, 2.24) is 14.1 Å². The molecule has 0 bridgehead atoms. The minimum absolute atomic E-state index is 0.893. The second-order valence-electron chi connectivity index (χ2n) is 14.7. The summed E-state index contributed by atoms with van der Waals surface area (Å²) in [7, 11) is 0. The third kappa shape index (κ3) is 4.94. The number of hydrogen-bond acceptors (Lipinski definition) is 2. The smallest absolute Gasteiger partial charge is 0.138 e. The normalized spacial score (nSPS) is 11.9. The quantitative estimate of drug-likeness (QED) is 0.172. The number of thiophene rings is 1. The van der Waals surface area contributed by atoms with Crippen LogP contribution in [-0.2, 0) is 0 Å². The summed E-state index contributed by atoms with van der Waals surface area (Å²) >= 11 is 1.84. The lowest BCUT2D eigenvalue weighted by molar-refractivity contribution is 1.08. The van der Waals surface area contributed by atoms with Gasteiger partial charge in [-0.3, -0.25) is 4.57 Å². The van der Waals surface area contributed by atoms with Gasteiger partial charge < -0.3 is 4.57 Å². The van der Waals surface area contributed by atoms with Crippen molar-refractivity contribution in [2.45, 2.75) is 0 Å². The standard InChI is InChI=1S/C53H33N3S/c1-3-15-34(16-4-1)36-31-37(35-17-5-2-6-18-35)33-38(32-36)55-47-25-10-7-19-39(47)42-29-30-43-40-20-8-11-26-48(40)56(52(43)51(42)55)50-28-14-24-46(54-50)45-23-13-22-44-41-21-9-12-27-49(41)57-53(44)45/h1-33H. The number of benzene rings is 8. The molecule has 0 spiro atoms. The topological polar surface area (TPSA) is 22.8 Å². The number of nitrogens with zero attached hydrogens (tertiary/aromatic N) is 3. The van der Waals surface area contributed by atoms with Crippen molar-refractivity contribution in [3.05, 3.63) is 200 Å². The van der Waals surface area contributed by atoms with Crippen LogP contribution >= 0.6 is 11.3 Å². The van der Waals surface area contributed by atoms with E-state index in [2.05, 4.69) is 209 Å². The summed E-state index contributed by atoms with van der Waals surface area (Å²) in [6.45, 7) is 0. The van der Waals surface area contributed by atoms with Crippen molar-refractivity contribution in [2.75, 3.05) is 0 Å². The summed E-state index contributed by atoms with van der Waals surface area (Å²) < 4.78 is 7.44. The largest absolute Gasteiger partial charge is 0.307 e. The monoisotopic (exact) mass is 743 g/mol. The highest BCUT2D eigenvalue weighted by Gasteiger charge is 2.23. The Bertz CT molecular complexity index is 3460. The molecule has 0 aliphatic rings. The second-order valence-corrected chi connectivity index (χ2v) is 15.8. The summed E-state index contributed by atoms with van der Waals surface area (Å²) in [5.74, 6) is 0.893. The maximum atomic E-state index is 5.54. The maximum Gasteiger partial charge on any atom is 0.138 e. The fraction of sp³-hybridized carbons (Fsp3) is 0. The Kier molecular flexibility index (Phi) is 7.10. The average Bonchev–Trinajstić information content (AvgIpc) is 3.95. The SMILES string of the molecule is c1ccc(-c2cc(-c3ccccc3)cc(-n3c4ccccc4c4ccc5c6ccccc6n(-c6cccc(-c7cccc8c7sc7ccccc78)n6)c5c43)c2)cc1. The van der Waals surface area contributed by atoms with Gasteiger partial charge in [0.2, 0.25) is 0 Å². The minimum Gasteiger partial charge on any atom is -0.307 e. The first kappa shape index (κ1) is 32.0. The zero-order valence-corrected chi connectivity index (χ0v) is 31.6. The number of rotatable bonds is 5. The van der Waals surface area contributed by atoms with Crippen LogP contribution in [0.3, 0.4) is 0 Å². The average molecular weight is 744 g/mol. The molecule has 8 aromatic carbocycles. The first-order valence-electron chi connectivity index (χ1n) is 19.4. The zero-order chi connectivity index (χ0) is 37.5. The molecule has 0 atom stereocenters. The molecule has 3 nitrogen and oxygen atoms in total. The molecule has 0 unspecified atom stereocenters. The lowest BCUT2D eigenvalue weighted by atomic mass is 9.98. The van der Waals surface area contributed by atoms with E-state index in [0.717, 1.165) is 39.3 Å². The van der Waals surface area contributed by atoms with E-state index in [9.17, 15) is 0 Å². The van der Waals surface area contributed by atoms with Crippen molar-refractivity contribution in [1.29, 1.82) is 0 Å². The predicted octanol–water partition coefficient (Wildman–Crippen LogP) is 14.6. The molecular formula is C53H33N3S. The van der Waals surface area contributed by atoms with Crippen LogP contribution < -0.4 is 0 Å². The molecule has 0 amide bonds. The molecule has 0 aliphatic heterocycles. The van der Waals surface area contributed by atoms with E-state index in [1.54, 1.807) is 0 Å². The lowest BCUT2D eigenvalue weighted by Crippen LogP contribution is -2.01. The van der Waals surface area contributed by atoms with Crippen LogP contribution in [0.1, 0.15) is 0 Å². The molecule has 4 heterocycles. The Morgan fingerprint density at radius 1 is 0.368 bits per heavy atom. The molecule has 0 fully saturated rings. The Morgan fingerprint density at radius 2 is 0.912 bits per heavy atom. The van der Waals surface area contributed by atoms with Crippen molar-refractivity contribution < 1.29 is 0 Å².